The molecule has 0 rings (SSSR count). The van der Waals surface area contributed by atoms with Gasteiger partial charge in [0.05, 0.1) is 0 Å². The van der Waals surface area contributed by atoms with Gasteiger partial charge in [0.1, 0.15) is 19.3 Å². The van der Waals surface area contributed by atoms with Gasteiger partial charge in [-0.2, -0.15) is 0 Å². The molecule has 0 aromatic carbocycles. The highest BCUT2D eigenvalue weighted by Gasteiger charge is 2.11. The number of aliphatic hydroxyl groups is 2. The van der Waals surface area contributed by atoms with Crippen LogP contribution in [0, 0.1) is 0 Å². The molecule has 0 spiro atoms. The Morgan fingerprint density at radius 3 is 1.39 bits per heavy atom. The number of rotatable bonds is 32. The first-order valence-electron chi connectivity index (χ1n) is 17.8. The molecule has 0 amide bonds. The van der Waals surface area contributed by atoms with Gasteiger partial charge in [-0.3, -0.25) is 9.59 Å². The predicted octanol–water partition coefficient (Wildman–Crippen LogP) is 9.64. The number of carbonyl (C=O) groups is 2. The fourth-order valence-electron chi connectivity index (χ4n) is 4.64. The van der Waals surface area contributed by atoms with Gasteiger partial charge in [0, 0.05) is 19.4 Å². The van der Waals surface area contributed by atoms with Crippen molar-refractivity contribution in [1.29, 1.82) is 0 Å². The molecule has 0 unspecified atom stereocenters. The Bertz CT molecular complexity index is 754. The minimum atomic E-state index is -0.990. The molecule has 0 aromatic rings. The molecule has 44 heavy (non-hydrogen) atoms. The standard InChI is InChI=1S/C38H66O6/c1-2-3-4-5-6-7-8-16-19-22-25-28-31-37(41)43-34-36(40)35-44-38(42)32-29-26-23-20-17-14-12-10-9-11-13-15-18-21-24-27-30-33-39/h9,11-12,14-15,18,20,23,36,39-40H,2-8,10,13,16-17,19,21-22,24-35H2,1H3/b11-9-,14-12-,18-15-,23-20-/t36-/m0/s1. The van der Waals surface area contributed by atoms with Gasteiger partial charge in [0.25, 0.3) is 0 Å². The average molecular weight is 619 g/mol. The summed E-state index contributed by atoms with van der Waals surface area (Å²) in [4.78, 5) is 23.8. The third-order valence-electron chi connectivity index (χ3n) is 7.37. The van der Waals surface area contributed by atoms with E-state index in [4.69, 9.17) is 14.6 Å². The molecular formula is C38H66O6. The van der Waals surface area contributed by atoms with Crippen LogP contribution < -0.4 is 0 Å². The van der Waals surface area contributed by atoms with Gasteiger partial charge in [-0.15, -0.1) is 0 Å². The molecule has 0 aromatic heterocycles. The highest BCUT2D eigenvalue weighted by molar-refractivity contribution is 5.69. The topological polar surface area (TPSA) is 93.1 Å². The maximum absolute atomic E-state index is 11.9. The van der Waals surface area contributed by atoms with Crippen molar-refractivity contribution >= 4 is 11.9 Å². The zero-order chi connectivity index (χ0) is 32.2. The quantitative estimate of drug-likeness (QED) is 0.0443. The van der Waals surface area contributed by atoms with Crippen molar-refractivity contribution in [3.05, 3.63) is 48.6 Å². The molecule has 0 heterocycles. The summed E-state index contributed by atoms with van der Waals surface area (Å²) in [6, 6.07) is 0. The second kappa shape index (κ2) is 35.3. The van der Waals surface area contributed by atoms with Crippen molar-refractivity contribution in [3.8, 4) is 0 Å². The largest absolute Gasteiger partial charge is 0.463 e. The maximum atomic E-state index is 11.9. The minimum absolute atomic E-state index is 0.139. The lowest BCUT2D eigenvalue weighted by Crippen LogP contribution is -2.25. The number of aliphatic hydroxyl groups excluding tert-OH is 2. The normalized spacial score (nSPS) is 12.7. The van der Waals surface area contributed by atoms with E-state index in [-0.39, 0.29) is 25.2 Å². The number of allylic oxidation sites excluding steroid dienone is 8. The summed E-state index contributed by atoms with van der Waals surface area (Å²) < 4.78 is 10.2. The van der Waals surface area contributed by atoms with E-state index < -0.39 is 6.10 Å². The third kappa shape index (κ3) is 34.3. The SMILES string of the molecule is CCCCCCCCCCCCCCC(=O)OC[C@H](O)COC(=O)CCC/C=C\C/C=C\C/C=C\C/C=C\CCCCCO. The Labute approximate surface area is 270 Å². The zero-order valence-corrected chi connectivity index (χ0v) is 28.1. The summed E-state index contributed by atoms with van der Waals surface area (Å²) in [5.41, 5.74) is 0. The van der Waals surface area contributed by atoms with Gasteiger partial charge >= 0.3 is 11.9 Å². The molecule has 0 saturated heterocycles. The van der Waals surface area contributed by atoms with Crippen molar-refractivity contribution in [1.82, 2.24) is 0 Å². The van der Waals surface area contributed by atoms with Crippen molar-refractivity contribution in [2.24, 2.45) is 0 Å². The number of unbranched alkanes of at least 4 members (excludes halogenated alkanes) is 15. The summed E-state index contributed by atoms with van der Waals surface area (Å²) in [6.07, 6.45) is 40.3. The van der Waals surface area contributed by atoms with Crippen LogP contribution in [0.5, 0.6) is 0 Å². The van der Waals surface area contributed by atoms with E-state index in [9.17, 15) is 14.7 Å². The second-order valence-electron chi connectivity index (χ2n) is 11.7. The lowest BCUT2D eigenvalue weighted by Gasteiger charge is -2.12. The fourth-order valence-corrected chi connectivity index (χ4v) is 4.64. The van der Waals surface area contributed by atoms with Gasteiger partial charge in [-0.05, 0) is 57.8 Å². The Morgan fingerprint density at radius 1 is 0.523 bits per heavy atom. The molecule has 0 fully saturated rings. The predicted molar refractivity (Wildman–Crippen MR) is 183 cm³/mol. The van der Waals surface area contributed by atoms with E-state index in [1.807, 2.05) is 0 Å². The van der Waals surface area contributed by atoms with Gasteiger partial charge in [-0.25, -0.2) is 0 Å². The van der Waals surface area contributed by atoms with Crippen LogP contribution in [0.3, 0.4) is 0 Å². The van der Waals surface area contributed by atoms with E-state index >= 15 is 0 Å². The fraction of sp³-hybridized carbons (Fsp3) is 0.737. The molecule has 0 bridgehead atoms. The van der Waals surface area contributed by atoms with Gasteiger partial charge in [-0.1, -0.05) is 133 Å². The Hall–Kier alpha value is -2.18. The molecule has 0 aliphatic carbocycles. The average Bonchev–Trinajstić information content (AvgIpc) is 3.02. The van der Waals surface area contributed by atoms with E-state index in [0.29, 0.717) is 25.9 Å². The summed E-state index contributed by atoms with van der Waals surface area (Å²) in [5, 5.41) is 18.7. The Morgan fingerprint density at radius 2 is 0.909 bits per heavy atom. The molecule has 0 radical (unpaired) electrons. The lowest BCUT2D eigenvalue weighted by molar-refractivity contribution is -0.152. The van der Waals surface area contributed by atoms with Crippen molar-refractivity contribution in [3.63, 3.8) is 0 Å². The number of hydrogen-bond donors (Lipinski definition) is 2. The third-order valence-corrected chi connectivity index (χ3v) is 7.37. The highest BCUT2D eigenvalue weighted by atomic mass is 16.6. The number of esters is 2. The Balaban J connectivity index is 3.56. The molecule has 6 nitrogen and oxygen atoms in total. The van der Waals surface area contributed by atoms with Crippen LogP contribution in [0.1, 0.15) is 155 Å². The lowest BCUT2D eigenvalue weighted by atomic mass is 10.0. The van der Waals surface area contributed by atoms with Crippen LogP contribution in [-0.4, -0.2) is 48.1 Å². The summed E-state index contributed by atoms with van der Waals surface area (Å²) >= 11 is 0. The van der Waals surface area contributed by atoms with E-state index in [0.717, 1.165) is 70.6 Å². The zero-order valence-electron chi connectivity index (χ0n) is 28.1. The van der Waals surface area contributed by atoms with Gasteiger partial charge in [0.2, 0.25) is 0 Å². The van der Waals surface area contributed by atoms with E-state index in [2.05, 4.69) is 55.5 Å². The molecule has 0 aliphatic rings. The van der Waals surface area contributed by atoms with Crippen LogP contribution in [-0.2, 0) is 19.1 Å². The molecular weight excluding hydrogens is 552 g/mol. The molecule has 1 atom stereocenters. The van der Waals surface area contributed by atoms with Crippen LogP contribution in [0.15, 0.2) is 48.6 Å². The molecule has 0 aliphatic heterocycles. The Kier molecular flexibility index (Phi) is 33.6. The first-order chi connectivity index (χ1) is 21.6. The first-order valence-corrected chi connectivity index (χ1v) is 17.8. The molecule has 0 saturated carbocycles. The maximum Gasteiger partial charge on any atom is 0.305 e. The van der Waals surface area contributed by atoms with Gasteiger partial charge in [0.15, 0.2) is 0 Å². The van der Waals surface area contributed by atoms with Crippen LogP contribution >= 0.6 is 0 Å². The van der Waals surface area contributed by atoms with Crippen molar-refractivity contribution in [2.45, 2.75) is 161 Å². The molecule has 254 valence electrons. The van der Waals surface area contributed by atoms with E-state index in [1.54, 1.807) is 0 Å². The van der Waals surface area contributed by atoms with Crippen LogP contribution in [0.4, 0.5) is 0 Å². The summed E-state index contributed by atoms with van der Waals surface area (Å²) in [6.45, 7) is 2.25. The smallest absolute Gasteiger partial charge is 0.305 e. The number of ether oxygens (including phenoxy) is 2. The van der Waals surface area contributed by atoms with Crippen molar-refractivity contribution in [2.75, 3.05) is 19.8 Å². The minimum Gasteiger partial charge on any atom is -0.463 e. The van der Waals surface area contributed by atoms with E-state index in [1.165, 1.54) is 57.8 Å². The molecule has 6 heteroatoms. The summed E-state index contributed by atoms with van der Waals surface area (Å²) in [7, 11) is 0. The second-order valence-corrected chi connectivity index (χ2v) is 11.7. The summed E-state index contributed by atoms with van der Waals surface area (Å²) in [5.74, 6) is -0.644. The van der Waals surface area contributed by atoms with Crippen LogP contribution in [0.25, 0.3) is 0 Å². The first kappa shape index (κ1) is 41.8. The van der Waals surface area contributed by atoms with Crippen LogP contribution in [0.2, 0.25) is 0 Å². The number of hydrogen-bond acceptors (Lipinski definition) is 6. The monoisotopic (exact) mass is 618 g/mol. The van der Waals surface area contributed by atoms with Crippen molar-refractivity contribution < 1.29 is 29.3 Å². The van der Waals surface area contributed by atoms with Gasteiger partial charge < -0.3 is 19.7 Å². The highest BCUT2D eigenvalue weighted by Crippen LogP contribution is 2.13. The number of carbonyl (C=O) groups excluding carboxylic acids is 2. The molecule has 2 N–H and O–H groups in total.